The minimum atomic E-state index is -0.738. The Kier molecular flexibility index (Phi) is 7.82. The van der Waals surface area contributed by atoms with Crippen LogP contribution in [0, 0.1) is 5.82 Å². The normalized spacial score (nSPS) is 15.3. The average Bonchev–Trinajstić information content (AvgIpc) is 2.78. The van der Waals surface area contributed by atoms with Gasteiger partial charge in [0.1, 0.15) is 17.6 Å². The van der Waals surface area contributed by atoms with E-state index in [-0.39, 0.29) is 31.0 Å². The van der Waals surface area contributed by atoms with E-state index in [0.29, 0.717) is 11.3 Å². The van der Waals surface area contributed by atoms with Crippen LogP contribution in [0.2, 0.25) is 0 Å². The van der Waals surface area contributed by atoms with Crippen LogP contribution in [0.1, 0.15) is 44.6 Å². The van der Waals surface area contributed by atoms with Crippen molar-refractivity contribution in [3.05, 3.63) is 66.0 Å². The van der Waals surface area contributed by atoms with E-state index >= 15 is 0 Å². The maximum Gasteiger partial charge on any atom is 0.261 e. The van der Waals surface area contributed by atoms with Crippen molar-refractivity contribution in [2.75, 3.05) is 6.61 Å². The molecule has 30 heavy (non-hydrogen) atoms. The van der Waals surface area contributed by atoms with E-state index in [2.05, 4.69) is 5.32 Å². The molecule has 1 N–H and O–H groups in total. The first-order chi connectivity index (χ1) is 14.5. The molecule has 3 rings (SSSR count). The first kappa shape index (κ1) is 21.8. The van der Waals surface area contributed by atoms with Gasteiger partial charge in [-0.05, 0) is 38.0 Å². The SMILES string of the molecule is C[C@H](C(=O)NC1CCCCC1)N(Cc1ccccc1F)C(=O)COc1ccccc1. The number of nitrogens with one attached hydrogen (secondary N) is 1. The van der Waals surface area contributed by atoms with Gasteiger partial charge in [-0.3, -0.25) is 9.59 Å². The molecule has 0 radical (unpaired) electrons. The van der Waals surface area contributed by atoms with Gasteiger partial charge in [-0.25, -0.2) is 4.39 Å². The molecule has 0 aliphatic heterocycles. The van der Waals surface area contributed by atoms with E-state index in [4.69, 9.17) is 4.74 Å². The number of amides is 2. The number of carbonyl (C=O) groups is 2. The monoisotopic (exact) mass is 412 g/mol. The fourth-order valence-corrected chi connectivity index (χ4v) is 3.71. The molecule has 1 aliphatic rings. The molecule has 5 nitrogen and oxygen atoms in total. The van der Waals surface area contributed by atoms with Gasteiger partial charge in [0.05, 0.1) is 0 Å². The highest BCUT2D eigenvalue weighted by Crippen LogP contribution is 2.19. The van der Waals surface area contributed by atoms with Crippen LogP contribution < -0.4 is 10.1 Å². The Labute approximate surface area is 177 Å². The van der Waals surface area contributed by atoms with Gasteiger partial charge in [-0.2, -0.15) is 0 Å². The molecule has 2 aromatic carbocycles. The van der Waals surface area contributed by atoms with Gasteiger partial charge in [0, 0.05) is 18.2 Å². The lowest BCUT2D eigenvalue weighted by atomic mass is 9.95. The Balaban J connectivity index is 1.71. The first-order valence-corrected chi connectivity index (χ1v) is 10.6. The first-order valence-electron chi connectivity index (χ1n) is 10.6. The standard InChI is InChI=1S/C24H29FN2O3/c1-18(24(29)26-20-11-4-2-5-12-20)27(16-19-10-8-9-15-22(19)25)23(28)17-30-21-13-6-3-7-14-21/h3,6-10,13-15,18,20H,2,4-5,11-12,16-17H2,1H3,(H,26,29)/t18-/m1/s1. The summed E-state index contributed by atoms with van der Waals surface area (Å²) in [5, 5.41) is 3.06. The van der Waals surface area contributed by atoms with Crippen LogP contribution in [0.15, 0.2) is 54.6 Å². The number of hydrogen-bond acceptors (Lipinski definition) is 3. The number of benzene rings is 2. The summed E-state index contributed by atoms with van der Waals surface area (Å²) in [5.41, 5.74) is 0.364. The zero-order valence-corrected chi connectivity index (χ0v) is 17.4. The second kappa shape index (κ2) is 10.8. The molecule has 0 unspecified atom stereocenters. The van der Waals surface area contributed by atoms with Crippen LogP contribution >= 0.6 is 0 Å². The Morgan fingerprint density at radius 3 is 2.43 bits per heavy atom. The molecule has 1 aliphatic carbocycles. The van der Waals surface area contributed by atoms with E-state index in [9.17, 15) is 14.0 Å². The summed E-state index contributed by atoms with van der Waals surface area (Å²) in [6.45, 7) is 1.46. The summed E-state index contributed by atoms with van der Waals surface area (Å²) >= 11 is 0. The van der Waals surface area contributed by atoms with E-state index in [1.807, 2.05) is 18.2 Å². The van der Waals surface area contributed by atoms with Crippen LogP contribution in [-0.4, -0.2) is 35.4 Å². The van der Waals surface area contributed by atoms with Crippen molar-refractivity contribution >= 4 is 11.8 Å². The Hall–Kier alpha value is -2.89. The van der Waals surface area contributed by atoms with Crippen molar-refractivity contribution in [3.8, 4) is 5.75 Å². The number of nitrogens with zero attached hydrogens (tertiary/aromatic N) is 1. The third kappa shape index (κ3) is 6.05. The van der Waals surface area contributed by atoms with Gasteiger partial charge in [0.25, 0.3) is 5.91 Å². The van der Waals surface area contributed by atoms with Crippen molar-refractivity contribution in [3.63, 3.8) is 0 Å². The fourth-order valence-electron chi connectivity index (χ4n) is 3.71. The molecule has 0 bridgehead atoms. The molecule has 6 heteroatoms. The lowest BCUT2D eigenvalue weighted by molar-refractivity contribution is -0.142. The molecule has 0 saturated heterocycles. The molecular weight excluding hydrogens is 383 g/mol. The van der Waals surface area contributed by atoms with Gasteiger partial charge in [-0.1, -0.05) is 55.7 Å². The van der Waals surface area contributed by atoms with E-state index < -0.39 is 11.9 Å². The molecule has 0 aromatic heterocycles. The average molecular weight is 413 g/mol. The molecule has 2 amide bonds. The highest BCUT2D eigenvalue weighted by molar-refractivity contribution is 5.88. The zero-order chi connectivity index (χ0) is 21.3. The number of rotatable bonds is 8. The molecular formula is C24H29FN2O3. The molecule has 0 spiro atoms. The lowest BCUT2D eigenvalue weighted by Crippen LogP contribution is -2.51. The third-order valence-corrected chi connectivity index (χ3v) is 5.52. The van der Waals surface area contributed by atoms with Crippen LogP contribution in [0.5, 0.6) is 5.75 Å². The summed E-state index contributed by atoms with van der Waals surface area (Å²) in [6.07, 6.45) is 5.30. The van der Waals surface area contributed by atoms with Gasteiger partial charge < -0.3 is 15.0 Å². The van der Waals surface area contributed by atoms with Gasteiger partial charge in [0.15, 0.2) is 6.61 Å². The number of halogens is 1. The molecule has 0 heterocycles. The van der Waals surface area contributed by atoms with Crippen LogP contribution in [0.4, 0.5) is 4.39 Å². The predicted molar refractivity (Wildman–Crippen MR) is 113 cm³/mol. The summed E-state index contributed by atoms with van der Waals surface area (Å²) in [6, 6.07) is 14.7. The number of carbonyl (C=O) groups excluding carboxylic acids is 2. The van der Waals surface area contributed by atoms with E-state index in [1.165, 1.54) is 17.4 Å². The van der Waals surface area contributed by atoms with Crippen molar-refractivity contribution in [2.24, 2.45) is 0 Å². The topological polar surface area (TPSA) is 58.6 Å². The summed E-state index contributed by atoms with van der Waals surface area (Å²) < 4.78 is 19.8. The van der Waals surface area contributed by atoms with Crippen LogP contribution in [-0.2, 0) is 16.1 Å². The maximum absolute atomic E-state index is 14.2. The largest absolute Gasteiger partial charge is 0.484 e. The Morgan fingerprint density at radius 1 is 1.07 bits per heavy atom. The quantitative estimate of drug-likeness (QED) is 0.711. The number of ether oxygens (including phenoxy) is 1. The van der Waals surface area contributed by atoms with Gasteiger partial charge >= 0.3 is 0 Å². The van der Waals surface area contributed by atoms with Crippen molar-refractivity contribution < 1.29 is 18.7 Å². The van der Waals surface area contributed by atoms with E-state index in [1.54, 1.807) is 37.3 Å². The summed E-state index contributed by atoms with van der Waals surface area (Å²) in [5.74, 6) is -0.421. The van der Waals surface area contributed by atoms with Crippen molar-refractivity contribution in [2.45, 2.75) is 57.7 Å². The highest BCUT2D eigenvalue weighted by atomic mass is 19.1. The molecule has 1 saturated carbocycles. The molecule has 2 aromatic rings. The maximum atomic E-state index is 14.2. The minimum absolute atomic E-state index is 0.00289. The number of hydrogen-bond donors (Lipinski definition) is 1. The number of para-hydroxylation sites is 1. The van der Waals surface area contributed by atoms with E-state index in [0.717, 1.165) is 25.7 Å². The van der Waals surface area contributed by atoms with Crippen LogP contribution in [0.3, 0.4) is 0 Å². The zero-order valence-electron chi connectivity index (χ0n) is 17.4. The molecule has 160 valence electrons. The highest BCUT2D eigenvalue weighted by Gasteiger charge is 2.29. The summed E-state index contributed by atoms with van der Waals surface area (Å²) in [7, 11) is 0. The Morgan fingerprint density at radius 2 is 1.73 bits per heavy atom. The Bertz CT molecular complexity index is 837. The smallest absolute Gasteiger partial charge is 0.261 e. The second-order valence-electron chi connectivity index (χ2n) is 7.73. The molecule has 1 fully saturated rings. The lowest BCUT2D eigenvalue weighted by Gasteiger charge is -2.31. The summed E-state index contributed by atoms with van der Waals surface area (Å²) in [4.78, 5) is 27.2. The minimum Gasteiger partial charge on any atom is -0.484 e. The second-order valence-corrected chi connectivity index (χ2v) is 7.73. The predicted octanol–water partition coefficient (Wildman–Crippen LogP) is 4.07. The van der Waals surface area contributed by atoms with Crippen molar-refractivity contribution in [1.82, 2.24) is 10.2 Å². The van der Waals surface area contributed by atoms with Crippen LogP contribution in [0.25, 0.3) is 0 Å². The van der Waals surface area contributed by atoms with Gasteiger partial charge in [0.2, 0.25) is 5.91 Å². The third-order valence-electron chi connectivity index (χ3n) is 5.52. The fraction of sp³-hybridized carbons (Fsp3) is 0.417. The van der Waals surface area contributed by atoms with Gasteiger partial charge in [-0.15, -0.1) is 0 Å². The molecule has 1 atom stereocenters. The van der Waals surface area contributed by atoms with Crippen molar-refractivity contribution in [1.29, 1.82) is 0 Å².